The van der Waals surface area contributed by atoms with Gasteiger partial charge in [-0.3, -0.25) is 18.6 Å². The Morgan fingerprint density at radius 1 is 0.673 bits per heavy atom. The van der Waals surface area contributed by atoms with Crippen molar-refractivity contribution in [1.29, 1.82) is 0 Å². The number of hydrogen-bond donors (Lipinski definition) is 4. The topological polar surface area (TPSA) is 169 Å². The highest BCUT2D eigenvalue weighted by Gasteiger charge is 2.28. The maximum absolute atomic E-state index is 12.3. The largest absolute Gasteiger partial charge is 0.480 e. The number of carboxylic acid groups (broad SMARTS) is 1. The monoisotopic (exact) mass is 715 g/mol. The lowest BCUT2D eigenvalue weighted by atomic mass is 10.1. The number of aliphatic hydroxyl groups excluding tert-OH is 1. The number of carbonyl (C=O) groups excluding carboxylic acids is 2. The molecule has 1 amide bonds. The summed E-state index contributed by atoms with van der Waals surface area (Å²) in [4.78, 5) is 45.6. The van der Waals surface area contributed by atoms with Crippen molar-refractivity contribution in [3.63, 3.8) is 0 Å². The van der Waals surface area contributed by atoms with Crippen LogP contribution in [0.1, 0.15) is 149 Å². The first-order chi connectivity index (χ1) is 23.6. The number of phosphoric acid groups is 1. The van der Waals surface area contributed by atoms with E-state index in [2.05, 4.69) is 55.6 Å². The van der Waals surface area contributed by atoms with Gasteiger partial charge in [-0.15, -0.1) is 0 Å². The molecule has 0 spiro atoms. The number of aliphatic carboxylic acids is 1. The van der Waals surface area contributed by atoms with Crippen LogP contribution in [0.25, 0.3) is 0 Å². The van der Waals surface area contributed by atoms with Gasteiger partial charge in [-0.05, 0) is 44.9 Å². The van der Waals surface area contributed by atoms with Crippen molar-refractivity contribution in [2.24, 2.45) is 0 Å². The Balaban J connectivity index is 3.99. The van der Waals surface area contributed by atoms with Crippen molar-refractivity contribution in [3.8, 4) is 0 Å². The van der Waals surface area contributed by atoms with E-state index in [-0.39, 0.29) is 12.8 Å². The highest BCUT2D eigenvalue weighted by atomic mass is 31.2. The van der Waals surface area contributed by atoms with Gasteiger partial charge in [0.1, 0.15) is 12.7 Å². The first-order valence-electron chi connectivity index (χ1n) is 18.5. The summed E-state index contributed by atoms with van der Waals surface area (Å²) in [7, 11) is -4.75. The molecule has 284 valence electrons. The van der Waals surface area contributed by atoms with Gasteiger partial charge in [0.15, 0.2) is 6.04 Å². The number of amides is 1. The molecule has 0 aromatic heterocycles. The van der Waals surface area contributed by atoms with Gasteiger partial charge in [0.2, 0.25) is 5.91 Å². The SMILES string of the molecule is CC/C=C\C/C=C\C/C=C\CCCCCCCCCC(=O)NC(COP(=O)(O)OCC(O)COC(=O)CCCCCCCCCC)C(=O)O. The number of rotatable bonds is 34. The first-order valence-corrected chi connectivity index (χ1v) is 20.0. The second-order valence-corrected chi connectivity index (χ2v) is 13.8. The zero-order valence-corrected chi connectivity index (χ0v) is 31.1. The smallest absolute Gasteiger partial charge is 0.472 e. The summed E-state index contributed by atoms with van der Waals surface area (Å²) in [6, 6.07) is -1.55. The number of nitrogens with one attached hydrogen (secondary N) is 1. The predicted octanol–water partition coefficient (Wildman–Crippen LogP) is 8.49. The highest BCUT2D eigenvalue weighted by Crippen LogP contribution is 2.43. The van der Waals surface area contributed by atoms with Gasteiger partial charge in [0, 0.05) is 12.8 Å². The highest BCUT2D eigenvalue weighted by molar-refractivity contribution is 7.47. The minimum absolute atomic E-state index is 0.134. The summed E-state index contributed by atoms with van der Waals surface area (Å²) in [5, 5.41) is 21.7. The lowest BCUT2D eigenvalue weighted by Crippen LogP contribution is -2.43. The van der Waals surface area contributed by atoms with Crippen LogP contribution in [-0.2, 0) is 32.7 Å². The van der Waals surface area contributed by atoms with Crippen LogP contribution in [0.3, 0.4) is 0 Å². The lowest BCUT2D eigenvalue weighted by Gasteiger charge is -2.18. The van der Waals surface area contributed by atoms with Gasteiger partial charge in [-0.1, -0.05) is 127 Å². The normalized spacial score (nSPS) is 14.4. The molecular formula is C37H66NO10P. The Labute approximate surface area is 295 Å². The van der Waals surface area contributed by atoms with E-state index in [1.165, 1.54) is 25.7 Å². The van der Waals surface area contributed by atoms with Crippen molar-refractivity contribution in [2.45, 2.75) is 161 Å². The van der Waals surface area contributed by atoms with Gasteiger partial charge in [0.05, 0.1) is 13.2 Å². The van der Waals surface area contributed by atoms with E-state index in [9.17, 15) is 34.1 Å². The fourth-order valence-electron chi connectivity index (χ4n) is 4.80. The van der Waals surface area contributed by atoms with Crippen LogP contribution in [0.2, 0.25) is 0 Å². The van der Waals surface area contributed by atoms with Crippen molar-refractivity contribution in [3.05, 3.63) is 36.5 Å². The average molecular weight is 716 g/mol. The maximum atomic E-state index is 12.3. The molecule has 0 saturated carbocycles. The summed E-state index contributed by atoms with van der Waals surface area (Å²) >= 11 is 0. The predicted molar refractivity (Wildman–Crippen MR) is 194 cm³/mol. The second kappa shape index (κ2) is 32.9. The van der Waals surface area contributed by atoms with E-state index < -0.39 is 57.6 Å². The molecule has 3 atom stereocenters. The molecular weight excluding hydrogens is 649 g/mol. The van der Waals surface area contributed by atoms with E-state index in [0.29, 0.717) is 12.8 Å². The van der Waals surface area contributed by atoms with E-state index >= 15 is 0 Å². The molecule has 0 fully saturated rings. The van der Waals surface area contributed by atoms with Crippen molar-refractivity contribution in [2.75, 3.05) is 19.8 Å². The molecule has 4 N–H and O–H groups in total. The van der Waals surface area contributed by atoms with Crippen LogP contribution in [-0.4, -0.2) is 64.9 Å². The Morgan fingerprint density at radius 3 is 1.78 bits per heavy atom. The van der Waals surface area contributed by atoms with Crippen LogP contribution >= 0.6 is 7.82 Å². The Bertz CT molecular complexity index is 984. The van der Waals surface area contributed by atoms with Gasteiger partial charge in [0.25, 0.3) is 0 Å². The molecule has 0 saturated heterocycles. The van der Waals surface area contributed by atoms with E-state index in [4.69, 9.17) is 13.8 Å². The standard InChI is InChI=1S/C37H66NO10P/c1-3-5-7-9-11-13-14-15-16-17-18-19-20-21-22-24-26-28-35(40)38-34(37(42)43)32-48-49(44,45)47-31-33(39)30-46-36(41)29-27-25-23-12-10-8-6-4-2/h5,7,11,13,15-16,33-34,39H,3-4,6,8-10,12,14,17-32H2,1-2H3,(H,38,40)(H,42,43)(H,44,45)/b7-5-,13-11-,16-15-. The molecule has 0 bridgehead atoms. The van der Waals surface area contributed by atoms with E-state index in [1.807, 2.05) is 0 Å². The molecule has 0 aliphatic heterocycles. The van der Waals surface area contributed by atoms with Gasteiger partial charge in [-0.2, -0.15) is 0 Å². The lowest BCUT2D eigenvalue weighted by molar-refractivity contribution is -0.147. The molecule has 0 rings (SSSR count). The third-order valence-electron chi connectivity index (χ3n) is 7.69. The second-order valence-electron chi connectivity index (χ2n) is 12.4. The summed E-state index contributed by atoms with van der Waals surface area (Å²) in [6.45, 7) is 2.41. The summed E-state index contributed by atoms with van der Waals surface area (Å²) in [6.07, 6.45) is 31.9. The number of allylic oxidation sites excluding steroid dienone is 6. The summed E-state index contributed by atoms with van der Waals surface area (Å²) in [5.41, 5.74) is 0. The van der Waals surface area contributed by atoms with Crippen molar-refractivity contribution >= 4 is 25.7 Å². The zero-order chi connectivity index (χ0) is 36.4. The van der Waals surface area contributed by atoms with Gasteiger partial charge in [-0.25, -0.2) is 9.36 Å². The Hall–Kier alpha value is -2.30. The van der Waals surface area contributed by atoms with Gasteiger partial charge >= 0.3 is 19.8 Å². The molecule has 0 aromatic rings. The number of esters is 1. The maximum Gasteiger partial charge on any atom is 0.472 e. The quantitative estimate of drug-likeness (QED) is 0.0219. The number of unbranched alkanes of at least 4 members (excludes halogenated alkanes) is 14. The van der Waals surface area contributed by atoms with Crippen LogP contribution in [0.15, 0.2) is 36.5 Å². The van der Waals surface area contributed by atoms with Gasteiger partial charge < -0.3 is 25.2 Å². The van der Waals surface area contributed by atoms with Crippen LogP contribution in [0, 0.1) is 0 Å². The number of phosphoric ester groups is 1. The van der Waals surface area contributed by atoms with Crippen LogP contribution in [0.5, 0.6) is 0 Å². The molecule has 0 aliphatic carbocycles. The van der Waals surface area contributed by atoms with Crippen molar-refractivity contribution < 1.29 is 47.8 Å². The molecule has 12 heteroatoms. The molecule has 0 heterocycles. The van der Waals surface area contributed by atoms with Crippen molar-refractivity contribution in [1.82, 2.24) is 5.32 Å². The zero-order valence-electron chi connectivity index (χ0n) is 30.2. The number of hydrogen-bond acceptors (Lipinski definition) is 8. The average Bonchev–Trinajstić information content (AvgIpc) is 3.07. The molecule has 0 aliphatic rings. The summed E-state index contributed by atoms with van der Waals surface area (Å²) in [5.74, 6) is -2.39. The fraction of sp³-hybridized carbons (Fsp3) is 0.757. The number of carboxylic acids is 1. The van der Waals surface area contributed by atoms with E-state index in [1.54, 1.807) is 0 Å². The van der Waals surface area contributed by atoms with E-state index in [0.717, 1.165) is 83.5 Å². The van der Waals surface area contributed by atoms with Crippen LogP contribution in [0.4, 0.5) is 0 Å². The number of aliphatic hydroxyl groups is 1. The third kappa shape index (κ3) is 32.7. The number of carbonyl (C=O) groups is 3. The Kier molecular flexibility index (Phi) is 31.3. The first kappa shape index (κ1) is 46.7. The molecule has 49 heavy (non-hydrogen) atoms. The third-order valence-corrected chi connectivity index (χ3v) is 8.64. The minimum atomic E-state index is -4.75. The molecule has 0 radical (unpaired) electrons. The van der Waals surface area contributed by atoms with Crippen LogP contribution < -0.4 is 5.32 Å². The Morgan fingerprint density at radius 2 is 1.18 bits per heavy atom. The fourth-order valence-corrected chi connectivity index (χ4v) is 5.57. The number of ether oxygens (including phenoxy) is 1. The molecule has 11 nitrogen and oxygen atoms in total. The molecule has 3 unspecified atom stereocenters. The minimum Gasteiger partial charge on any atom is -0.480 e. The molecule has 0 aromatic carbocycles. The summed E-state index contributed by atoms with van der Waals surface area (Å²) < 4.78 is 26.6.